The van der Waals surface area contributed by atoms with Gasteiger partial charge in [-0.25, -0.2) is 8.78 Å². The van der Waals surface area contributed by atoms with Crippen LogP contribution in [0.4, 0.5) is 8.78 Å². The molecule has 4 heteroatoms. The maximum absolute atomic E-state index is 13.7. The first-order valence-electron chi connectivity index (χ1n) is 6.44. The van der Waals surface area contributed by atoms with Crippen LogP contribution in [-0.2, 0) is 0 Å². The third kappa shape index (κ3) is 3.44. The van der Waals surface area contributed by atoms with Crippen molar-refractivity contribution in [3.8, 4) is 0 Å². The molecule has 0 radical (unpaired) electrons. The predicted octanol–water partition coefficient (Wildman–Crippen LogP) is 5.14. The molecule has 2 atom stereocenters. The lowest BCUT2D eigenvalue weighted by atomic mass is 10.0. The molecule has 20 heavy (non-hydrogen) atoms. The molecule has 1 unspecified atom stereocenters. The van der Waals surface area contributed by atoms with Crippen molar-refractivity contribution < 1.29 is 8.78 Å². The van der Waals surface area contributed by atoms with Crippen molar-refractivity contribution in [2.75, 3.05) is 0 Å². The van der Waals surface area contributed by atoms with E-state index in [0.29, 0.717) is 10.0 Å². The number of hydrogen-bond acceptors (Lipinski definition) is 1. The summed E-state index contributed by atoms with van der Waals surface area (Å²) in [5.41, 5.74) is 1.56. The van der Waals surface area contributed by atoms with E-state index in [1.54, 1.807) is 18.2 Å². The fourth-order valence-electron chi connectivity index (χ4n) is 2.23. The Bertz CT molecular complexity index is 601. The molecule has 0 heterocycles. The predicted molar refractivity (Wildman–Crippen MR) is 80.5 cm³/mol. The van der Waals surface area contributed by atoms with Gasteiger partial charge in [0.05, 0.1) is 0 Å². The summed E-state index contributed by atoms with van der Waals surface area (Å²) < 4.78 is 27.5. The molecular formula is C16H16BrF2N. The molecule has 2 rings (SSSR count). The van der Waals surface area contributed by atoms with Crippen LogP contribution in [0.3, 0.4) is 0 Å². The van der Waals surface area contributed by atoms with E-state index < -0.39 is 0 Å². The average molecular weight is 340 g/mol. The van der Waals surface area contributed by atoms with E-state index in [1.807, 2.05) is 19.9 Å². The molecule has 0 aliphatic heterocycles. The first-order chi connectivity index (χ1) is 9.49. The zero-order chi connectivity index (χ0) is 14.7. The van der Waals surface area contributed by atoms with E-state index in [-0.39, 0.29) is 23.7 Å². The monoisotopic (exact) mass is 339 g/mol. The molecule has 0 fully saturated rings. The van der Waals surface area contributed by atoms with Gasteiger partial charge in [-0.2, -0.15) is 0 Å². The van der Waals surface area contributed by atoms with Gasteiger partial charge < -0.3 is 5.32 Å². The van der Waals surface area contributed by atoms with Gasteiger partial charge in [0.25, 0.3) is 0 Å². The van der Waals surface area contributed by atoms with Gasteiger partial charge in [-0.15, -0.1) is 0 Å². The summed E-state index contributed by atoms with van der Waals surface area (Å²) in [6.45, 7) is 3.88. The summed E-state index contributed by atoms with van der Waals surface area (Å²) in [7, 11) is 0. The van der Waals surface area contributed by atoms with E-state index in [2.05, 4.69) is 21.2 Å². The second-order valence-corrected chi connectivity index (χ2v) is 5.65. The van der Waals surface area contributed by atoms with E-state index >= 15 is 0 Å². The molecule has 0 spiro atoms. The van der Waals surface area contributed by atoms with Gasteiger partial charge in [0.1, 0.15) is 11.6 Å². The molecule has 1 nitrogen and oxygen atoms in total. The Balaban J connectivity index is 2.15. The van der Waals surface area contributed by atoms with Crippen LogP contribution in [0.25, 0.3) is 0 Å². The van der Waals surface area contributed by atoms with Gasteiger partial charge in [0.2, 0.25) is 0 Å². The minimum Gasteiger partial charge on any atom is -0.304 e. The third-order valence-corrected chi connectivity index (χ3v) is 3.99. The normalized spacial score (nSPS) is 14.1. The minimum absolute atomic E-state index is 0.0282. The largest absolute Gasteiger partial charge is 0.304 e. The third-order valence-electron chi connectivity index (χ3n) is 3.30. The summed E-state index contributed by atoms with van der Waals surface area (Å²) in [6.07, 6.45) is 0. The van der Waals surface area contributed by atoms with Crippen molar-refractivity contribution in [2.24, 2.45) is 0 Å². The van der Waals surface area contributed by atoms with Gasteiger partial charge in [-0.3, -0.25) is 0 Å². The van der Waals surface area contributed by atoms with Gasteiger partial charge in [-0.1, -0.05) is 40.2 Å². The Morgan fingerprint density at radius 1 is 0.950 bits per heavy atom. The topological polar surface area (TPSA) is 12.0 Å². The van der Waals surface area contributed by atoms with Crippen molar-refractivity contribution in [3.05, 3.63) is 69.7 Å². The van der Waals surface area contributed by atoms with Gasteiger partial charge in [-0.05, 0) is 37.6 Å². The Labute approximate surface area is 126 Å². The molecule has 0 amide bonds. The van der Waals surface area contributed by atoms with Crippen molar-refractivity contribution in [1.29, 1.82) is 0 Å². The van der Waals surface area contributed by atoms with E-state index in [1.165, 1.54) is 18.2 Å². The summed E-state index contributed by atoms with van der Waals surface area (Å²) >= 11 is 3.35. The summed E-state index contributed by atoms with van der Waals surface area (Å²) in [5, 5.41) is 3.32. The highest BCUT2D eigenvalue weighted by atomic mass is 79.9. The fourth-order valence-corrected chi connectivity index (χ4v) is 2.93. The SMILES string of the molecule is CC(N[C@H](C)c1ccccc1F)c1ccc(F)cc1Br. The summed E-state index contributed by atoms with van der Waals surface area (Å²) in [5.74, 6) is -0.507. The van der Waals surface area contributed by atoms with E-state index in [0.717, 1.165) is 5.56 Å². The maximum Gasteiger partial charge on any atom is 0.127 e. The van der Waals surface area contributed by atoms with Crippen LogP contribution in [0.5, 0.6) is 0 Å². The molecule has 0 aromatic heterocycles. The first kappa shape index (κ1) is 15.1. The lowest BCUT2D eigenvalue weighted by molar-refractivity contribution is 0.472. The highest BCUT2D eigenvalue weighted by Crippen LogP contribution is 2.27. The zero-order valence-corrected chi connectivity index (χ0v) is 12.9. The molecule has 0 bridgehead atoms. The Morgan fingerprint density at radius 3 is 2.25 bits per heavy atom. The van der Waals surface area contributed by atoms with Gasteiger partial charge >= 0.3 is 0 Å². The van der Waals surface area contributed by atoms with Crippen LogP contribution >= 0.6 is 15.9 Å². The Morgan fingerprint density at radius 2 is 1.60 bits per heavy atom. The molecule has 0 aliphatic rings. The summed E-state index contributed by atoms with van der Waals surface area (Å²) in [4.78, 5) is 0. The fraction of sp³-hybridized carbons (Fsp3) is 0.250. The van der Waals surface area contributed by atoms with Crippen LogP contribution in [0.1, 0.15) is 37.1 Å². The van der Waals surface area contributed by atoms with Crippen molar-refractivity contribution in [1.82, 2.24) is 5.32 Å². The van der Waals surface area contributed by atoms with Crippen LogP contribution in [0.2, 0.25) is 0 Å². The van der Waals surface area contributed by atoms with E-state index in [4.69, 9.17) is 0 Å². The molecule has 2 aromatic carbocycles. The standard InChI is InChI=1S/C16H16BrF2N/c1-10(13-8-7-12(18)9-15(13)17)20-11(2)14-5-3-4-6-16(14)19/h3-11,20H,1-2H3/t10?,11-/m1/s1. The van der Waals surface area contributed by atoms with Crippen LogP contribution in [0, 0.1) is 11.6 Å². The molecule has 1 N–H and O–H groups in total. The van der Waals surface area contributed by atoms with Gasteiger partial charge in [0, 0.05) is 22.1 Å². The second-order valence-electron chi connectivity index (χ2n) is 4.80. The minimum atomic E-state index is -0.282. The Kier molecular flexibility index (Phi) is 4.89. The quantitative estimate of drug-likeness (QED) is 0.813. The van der Waals surface area contributed by atoms with Crippen LogP contribution in [-0.4, -0.2) is 0 Å². The smallest absolute Gasteiger partial charge is 0.127 e. The van der Waals surface area contributed by atoms with E-state index in [9.17, 15) is 8.78 Å². The molecular weight excluding hydrogens is 324 g/mol. The molecule has 0 saturated heterocycles. The average Bonchev–Trinajstić information content (AvgIpc) is 2.38. The zero-order valence-electron chi connectivity index (χ0n) is 11.3. The van der Waals surface area contributed by atoms with Crippen molar-refractivity contribution in [3.63, 3.8) is 0 Å². The lowest BCUT2D eigenvalue weighted by Gasteiger charge is -2.22. The molecule has 2 aromatic rings. The molecule has 106 valence electrons. The first-order valence-corrected chi connectivity index (χ1v) is 7.23. The number of hydrogen-bond donors (Lipinski definition) is 1. The number of nitrogens with one attached hydrogen (secondary N) is 1. The highest BCUT2D eigenvalue weighted by molar-refractivity contribution is 9.10. The summed E-state index contributed by atoms with van der Waals surface area (Å²) in [6, 6.07) is 11.1. The number of halogens is 3. The molecule has 0 aliphatic carbocycles. The second kappa shape index (κ2) is 6.46. The highest BCUT2D eigenvalue weighted by Gasteiger charge is 2.16. The lowest BCUT2D eigenvalue weighted by Crippen LogP contribution is -2.23. The molecule has 0 saturated carbocycles. The van der Waals surface area contributed by atoms with Crippen LogP contribution < -0.4 is 5.32 Å². The van der Waals surface area contributed by atoms with Crippen molar-refractivity contribution in [2.45, 2.75) is 25.9 Å². The van der Waals surface area contributed by atoms with Gasteiger partial charge in [0.15, 0.2) is 0 Å². The number of benzene rings is 2. The number of rotatable bonds is 4. The Hall–Kier alpha value is -1.26. The maximum atomic E-state index is 13.7. The van der Waals surface area contributed by atoms with Crippen molar-refractivity contribution >= 4 is 15.9 Å². The van der Waals surface area contributed by atoms with Crippen LogP contribution in [0.15, 0.2) is 46.9 Å².